The molecule has 1 aromatic carbocycles. The molecule has 124 valence electrons. The third-order valence-corrected chi connectivity index (χ3v) is 4.50. The van der Waals surface area contributed by atoms with Crippen molar-refractivity contribution in [3.05, 3.63) is 52.2 Å². The summed E-state index contributed by atoms with van der Waals surface area (Å²) in [4.78, 5) is 12.9. The molecular weight excluding hydrogens is 312 g/mol. The molecule has 2 aromatic rings. The van der Waals surface area contributed by atoms with Crippen LogP contribution in [0.1, 0.15) is 24.3 Å². The molecule has 0 aliphatic rings. The average molecular weight is 334 g/mol. The lowest BCUT2D eigenvalue weighted by atomic mass is 10.1. The molecule has 23 heavy (non-hydrogen) atoms. The normalized spacial score (nSPS) is 13.3. The third kappa shape index (κ3) is 5.06. The molecule has 0 bridgehead atoms. The van der Waals surface area contributed by atoms with E-state index in [9.17, 15) is 9.90 Å². The van der Waals surface area contributed by atoms with E-state index < -0.39 is 5.60 Å². The van der Waals surface area contributed by atoms with Gasteiger partial charge < -0.3 is 20.5 Å². The molecule has 0 unspecified atom stereocenters. The fraction of sp³-hybridized carbons (Fsp3) is 0.353. The summed E-state index contributed by atoms with van der Waals surface area (Å²) in [5.74, 6) is 0. The van der Waals surface area contributed by atoms with Gasteiger partial charge in [-0.2, -0.15) is 0 Å². The highest BCUT2D eigenvalue weighted by Gasteiger charge is 2.24. The van der Waals surface area contributed by atoms with Crippen LogP contribution in [-0.2, 0) is 16.9 Å². The van der Waals surface area contributed by atoms with Crippen molar-refractivity contribution in [1.29, 1.82) is 0 Å². The summed E-state index contributed by atoms with van der Waals surface area (Å²) < 4.78 is 5.39. The zero-order valence-corrected chi connectivity index (χ0v) is 14.2. The van der Waals surface area contributed by atoms with Crippen LogP contribution < -0.4 is 10.6 Å². The summed E-state index contributed by atoms with van der Waals surface area (Å²) >= 11 is 1.46. The number of amides is 2. The fourth-order valence-corrected chi connectivity index (χ4v) is 2.86. The van der Waals surface area contributed by atoms with Crippen LogP contribution in [0.3, 0.4) is 0 Å². The van der Waals surface area contributed by atoms with Gasteiger partial charge in [-0.05, 0) is 31.4 Å². The number of carbonyl (C=O) groups excluding carboxylic acids is 1. The van der Waals surface area contributed by atoms with Crippen molar-refractivity contribution in [3.8, 4) is 0 Å². The van der Waals surface area contributed by atoms with Gasteiger partial charge >= 0.3 is 6.03 Å². The second-order valence-electron chi connectivity index (χ2n) is 5.35. The highest BCUT2D eigenvalue weighted by molar-refractivity contribution is 7.10. The van der Waals surface area contributed by atoms with E-state index in [1.54, 1.807) is 6.92 Å². The molecule has 6 heteroatoms. The summed E-state index contributed by atoms with van der Waals surface area (Å²) in [6, 6.07) is 10.9. The van der Waals surface area contributed by atoms with Crippen molar-refractivity contribution >= 4 is 23.1 Å². The molecule has 0 spiro atoms. The molecule has 2 rings (SSSR count). The van der Waals surface area contributed by atoms with E-state index in [0.29, 0.717) is 18.9 Å². The van der Waals surface area contributed by atoms with Gasteiger partial charge in [0.1, 0.15) is 5.60 Å². The van der Waals surface area contributed by atoms with Gasteiger partial charge in [0.05, 0.1) is 13.2 Å². The first-order valence-corrected chi connectivity index (χ1v) is 8.38. The summed E-state index contributed by atoms with van der Waals surface area (Å²) in [5.41, 5.74) is 0.528. The first-order valence-electron chi connectivity index (χ1n) is 7.50. The number of hydrogen-bond donors (Lipinski definition) is 3. The minimum atomic E-state index is -1.09. The van der Waals surface area contributed by atoms with E-state index in [-0.39, 0.29) is 12.6 Å². The molecule has 0 saturated carbocycles. The van der Waals surface area contributed by atoms with Crippen LogP contribution in [-0.4, -0.2) is 24.3 Å². The second-order valence-corrected chi connectivity index (χ2v) is 6.30. The summed E-state index contributed by atoms with van der Waals surface area (Å²) in [5, 5.41) is 17.8. The number of benzene rings is 1. The first kappa shape index (κ1) is 17.5. The van der Waals surface area contributed by atoms with Crippen LogP contribution in [0.2, 0.25) is 0 Å². The number of urea groups is 1. The molecule has 0 fully saturated rings. The number of aliphatic hydroxyl groups is 1. The van der Waals surface area contributed by atoms with Crippen LogP contribution in [0.15, 0.2) is 41.8 Å². The summed E-state index contributed by atoms with van der Waals surface area (Å²) in [6.07, 6.45) is 0. The molecule has 1 heterocycles. The van der Waals surface area contributed by atoms with Gasteiger partial charge in [0.2, 0.25) is 0 Å². The smallest absolute Gasteiger partial charge is 0.319 e. The average Bonchev–Trinajstić information content (AvgIpc) is 3.08. The largest absolute Gasteiger partial charge is 0.383 e. The number of para-hydroxylation sites is 1. The van der Waals surface area contributed by atoms with Gasteiger partial charge in [0, 0.05) is 22.7 Å². The number of hydrogen-bond acceptors (Lipinski definition) is 4. The number of ether oxygens (including phenoxy) is 1. The van der Waals surface area contributed by atoms with Crippen LogP contribution in [0.5, 0.6) is 0 Å². The Balaban J connectivity index is 1.92. The van der Waals surface area contributed by atoms with Crippen LogP contribution >= 0.6 is 11.3 Å². The maximum atomic E-state index is 12.1. The van der Waals surface area contributed by atoms with Crippen LogP contribution in [0.25, 0.3) is 0 Å². The van der Waals surface area contributed by atoms with Crippen molar-refractivity contribution in [2.75, 3.05) is 18.5 Å². The van der Waals surface area contributed by atoms with E-state index >= 15 is 0 Å². The topological polar surface area (TPSA) is 70.6 Å². The van der Waals surface area contributed by atoms with Gasteiger partial charge in [-0.3, -0.25) is 0 Å². The van der Waals surface area contributed by atoms with Gasteiger partial charge in [-0.1, -0.05) is 24.3 Å². The van der Waals surface area contributed by atoms with Crippen molar-refractivity contribution in [1.82, 2.24) is 5.32 Å². The Morgan fingerprint density at radius 3 is 2.78 bits per heavy atom. The highest BCUT2D eigenvalue weighted by atomic mass is 32.1. The van der Waals surface area contributed by atoms with Gasteiger partial charge in [-0.25, -0.2) is 4.79 Å². The van der Waals surface area contributed by atoms with E-state index in [0.717, 1.165) is 10.4 Å². The van der Waals surface area contributed by atoms with E-state index in [4.69, 9.17) is 4.74 Å². The SMILES string of the molecule is CCOCc1ccccc1NC(=O)NC[C@@](C)(O)c1cccs1. The maximum absolute atomic E-state index is 12.1. The van der Waals surface area contributed by atoms with E-state index in [2.05, 4.69) is 10.6 Å². The Labute approximate surface area is 140 Å². The van der Waals surface area contributed by atoms with Crippen molar-refractivity contribution < 1.29 is 14.6 Å². The van der Waals surface area contributed by atoms with Crippen LogP contribution in [0, 0.1) is 0 Å². The molecule has 3 N–H and O–H groups in total. The summed E-state index contributed by atoms with van der Waals surface area (Å²) in [7, 11) is 0. The molecule has 0 aliphatic carbocycles. The number of rotatable bonds is 7. The van der Waals surface area contributed by atoms with E-state index in [1.807, 2.05) is 48.7 Å². The molecule has 1 aromatic heterocycles. The molecule has 2 amide bonds. The minimum Gasteiger partial charge on any atom is -0.383 e. The predicted octanol–water partition coefficient (Wildman–Crippen LogP) is 3.31. The Morgan fingerprint density at radius 1 is 1.30 bits per heavy atom. The number of nitrogens with one attached hydrogen (secondary N) is 2. The number of thiophene rings is 1. The lowest BCUT2D eigenvalue weighted by Crippen LogP contribution is -2.40. The zero-order chi connectivity index (χ0) is 16.7. The number of carbonyl (C=O) groups is 1. The Bertz CT molecular complexity index is 627. The predicted molar refractivity (Wildman–Crippen MR) is 92.7 cm³/mol. The zero-order valence-electron chi connectivity index (χ0n) is 13.3. The molecule has 5 nitrogen and oxygen atoms in total. The monoisotopic (exact) mass is 334 g/mol. The fourth-order valence-electron chi connectivity index (χ4n) is 2.07. The Hall–Kier alpha value is -1.89. The standard InChI is InChI=1S/C17H22N2O3S/c1-3-22-11-13-7-4-5-8-14(13)19-16(20)18-12-17(2,21)15-9-6-10-23-15/h4-10,21H,3,11-12H2,1-2H3,(H2,18,19,20)/t17-/m1/s1. The summed E-state index contributed by atoms with van der Waals surface area (Å²) in [6.45, 7) is 4.80. The molecule has 0 radical (unpaired) electrons. The molecule has 0 aliphatic heterocycles. The van der Waals surface area contributed by atoms with Crippen molar-refractivity contribution in [2.24, 2.45) is 0 Å². The Kier molecular flexibility index (Phi) is 6.15. The lowest BCUT2D eigenvalue weighted by molar-refractivity contribution is 0.0637. The van der Waals surface area contributed by atoms with E-state index in [1.165, 1.54) is 11.3 Å². The highest BCUT2D eigenvalue weighted by Crippen LogP contribution is 2.24. The van der Waals surface area contributed by atoms with Gasteiger partial charge in [-0.15, -0.1) is 11.3 Å². The lowest BCUT2D eigenvalue weighted by Gasteiger charge is -2.22. The van der Waals surface area contributed by atoms with Gasteiger partial charge in [0.25, 0.3) is 0 Å². The first-order chi connectivity index (χ1) is 11.0. The number of anilines is 1. The molecule has 0 saturated heterocycles. The molecule has 1 atom stereocenters. The third-order valence-electron chi connectivity index (χ3n) is 3.37. The maximum Gasteiger partial charge on any atom is 0.319 e. The van der Waals surface area contributed by atoms with Gasteiger partial charge in [0.15, 0.2) is 0 Å². The minimum absolute atomic E-state index is 0.132. The van der Waals surface area contributed by atoms with Crippen molar-refractivity contribution in [3.63, 3.8) is 0 Å². The quantitative estimate of drug-likeness (QED) is 0.727. The van der Waals surface area contributed by atoms with Crippen LogP contribution in [0.4, 0.5) is 10.5 Å². The molecular formula is C17H22N2O3S. The van der Waals surface area contributed by atoms with Crippen molar-refractivity contribution in [2.45, 2.75) is 26.1 Å². The second kappa shape index (κ2) is 8.10. The Morgan fingerprint density at radius 2 is 2.09 bits per heavy atom.